The number of hydrogen-bond donors (Lipinski definition) is 1. The summed E-state index contributed by atoms with van der Waals surface area (Å²) in [6, 6.07) is 0. The lowest BCUT2D eigenvalue weighted by atomic mass is 10.7. The average Bonchev–Trinajstić information content (AvgIpc) is 1.84. The quantitative estimate of drug-likeness (QED) is 0.369. The highest BCUT2D eigenvalue weighted by Gasteiger charge is 2.17. The van der Waals surface area contributed by atoms with Crippen LogP contribution in [0.5, 0.6) is 0 Å². The molecule has 0 bridgehead atoms. The van der Waals surface area contributed by atoms with Crippen molar-refractivity contribution < 1.29 is 21.4 Å². The molecule has 0 aliphatic rings. The topological polar surface area (TPSA) is 80.7 Å². The molecule has 1 N–H and O–H groups in total. The Labute approximate surface area is 60.5 Å². The molecule has 0 amide bonds. The van der Waals surface area contributed by atoms with Crippen LogP contribution in [0, 0.1) is 0 Å². The minimum atomic E-state index is -4.30. The molecular weight excluding hydrogens is 180 g/mol. The molecule has 0 saturated carbocycles. The molecule has 0 aromatic rings. The van der Waals surface area contributed by atoms with Gasteiger partial charge in [-0.05, 0) is 0 Å². The summed E-state index contributed by atoms with van der Waals surface area (Å²) in [5.74, 6) is 0. The Balaban J connectivity index is 4.16. The van der Waals surface area contributed by atoms with Crippen LogP contribution in [0.4, 0.5) is 0 Å². The van der Waals surface area contributed by atoms with E-state index in [1.54, 1.807) is 0 Å². The highest BCUT2D eigenvalue weighted by molar-refractivity contribution is 8.59. The van der Waals surface area contributed by atoms with E-state index < -0.39 is 19.3 Å². The normalized spacial score (nSPS) is 14.5. The van der Waals surface area contributed by atoms with Crippen LogP contribution < -0.4 is 0 Å². The third-order valence-corrected chi connectivity index (χ3v) is 2.62. The largest absolute Gasteiger partial charge is 0.376 e. The van der Waals surface area contributed by atoms with Gasteiger partial charge < -0.3 is 0 Å². The monoisotopic (exact) mass is 186 g/mol. The first-order valence-corrected chi connectivity index (χ1v) is 5.15. The Hall–Kier alpha value is -0.240. The molecule has 0 rings (SSSR count). The van der Waals surface area contributed by atoms with Gasteiger partial charge in [-0.15, -0.1) is 6.58 Å². The molecule has 0 aliphatic carbocycles. The van der Waals surface area contributed by atoms with Crippen molar-refractivity contribution in [2.75, 3.05) is 6.61 Å². The summed E-state index contributed by atoms with van der Waals surface area (Å²) in [4.78, 5) is 0. The molecule has 60 valence electrons. The van der Waals surface area contributed by atoms with Crippen molar-refractivity contribution in [3.05, 3.63) is 12.7 Å². The van der Waals surface area contributed by atoms with Crippen molar-refractivity contribution in [1.29, 1.82) is 0 Å². The lowest BCUT2D eigenvalue weighted by Crippen LogP contribution is -2.10. The summed E-state index contributed by atoms with van der Waals surface area (Å²) in [6.07, 6.45) is 1.16. The van der Waals surface area contributed by atoms with E-state index >= 15 is 0 Å². The van der Waals surface area contributed by atoms with Crippen LogP contribution in [-0.4, -0.2) is 23.8 Å². The van der Waals surface area contributed by atoms with Crippen LogP contribution in [0.2, 0.25) is 0 Å². The van der Waals surface area contributed by atoms with Gasteiger partial charge in [0.1, 0.15) is 0 Å². The van der Waals surface area contributed by atoms with Crippen molar-refractivity contribution in [3.8, 4) is 0 Å². The number of rotatable bonds is 4. The molecule has 0 radical (unpaired) electrons. The molecule has 1 unspecified atom stereocenters. The lowest BCUT2D eigenvalue weighted by Gasteiger charge is -1.95. The summed E-state index contributed by atoms with van der Waals surface area (Å²) in [5.41, 5.74) is 0. The minimum Gasteiger partial charge on any atom is -0.292 e. The van der Waals surface area contributed by atoms with Gasteiger partial charge in [0.25, 0.3) is 0 Å². The smallest absolute Gasteiger partial charge is 0.292 e. The molecule has 5 nitrogen and oxygen atoms in total. The molecule has 10 heavy (non-hydrogen) atoms. The lowest BCUT2D eigenvalue weighted by molar-refractivity contribution is 0.366. The van der Waals surface area contributed by atoms with Crippen LogP contribution in [0.15, 0.2) is 12.7 Å². The second-order valence-corrected chi connectivity index (χ2v) is 4.77. The van der Waals surface area contributed by atoms with Crippen LogP contribution in [0.1, 0.15) is 0 Å². The fourth-order valence-corrected chi connectivity index (χ4v) is 0.931. The zero-order valence-electron chi connectivity index (χ0n) is 4.89. The second kappa shape index (κ2) is 3.81. The van der Waals surface area contributed by atoms with Crippen LogP contribution >= 0.6 is 0 Å². The van der Waals surface area contributed by atoms with Gasteiger partial charge in [0.15, 0.2) is 0 Å². The molecule has 1 atom stereocenters. The van der Waals surface area contributed by atoms with Gasteiger partial charge in [-0.3, -0.25) is 8.74 Å². The van der Waals surface area contributed by atoms with Crippen molar-refractivity contribution in [1.82, 2.24) is 0 Å². The zero-order valence-corrected chi connectivity index (χ0v) is 6.52. The summed E-state index contributed by atoms with van der Waals surface area (Å²) >= 11 is 0. The standard InChI is InChI=1S/C3H6O5S2/c1-2-3-8-10(6,7)9(4)5/h2H,1,3H2,(H,4,5). The summed E-state index contributed by atoms with van der Waals surface area (Å²) in [6.45, 7) is 2.86. The second-order valence-electron chi connectivity index (χ2n) is 1.20. The SMILES string of the molecule is C=CCOS(=O)(=O)S(=O)O. The molecule has 0 aromatic heterocycles. The van der Waals surface area contributed by atoms with Crippen molar-refractivity contribution in [2.24, 2.45) is 0 Å². The average molecular weight is 186 g/mol. The fraction of sp³-hybridized carbons (Fsp3) is 0.333. The first-order chi connectivity index (χ1) is 4.50. The van der Waals surface area contributed by atoms with Gasteiger partial charge in [-0.2, -0.15) is 8.42 Å². The Morgan fingerprint density at radius 1 is 1.70 bits per heavy atom. The van der Waals surface area contributed by atoms with E-state index in [-0.39, 0.29) is 6.61 Å². The van der Waals surface area contributed by atoms with Crippen molar-refractivity contribution >= 4 is 19.3 Å². The molecule has 7 heteroatoms. The highest BCUT2D eigenvalue weighted by atomic mass is 33.2. The summed E-state index contributed by atoms with van der Waals surface area (Å²) in [7, 11) is -7.28. The van der Waals surface area contributed by atoms with Crippen LogP contribution in [-0.2, 0) is 23.4 Å². The van der Waals surface area contributed by atoms with Gasteiger partial charge in [-0.1, -0.05) is 6.08 Å². The van der Waals surface area contributed by atoms with E-state index in [1.165, 1.54) is 0 Å². The Kier molecular flexibility index (Phi) is 3.72. The van der Waals surface area contributed by atoms with E-state index in [4.69, 9.17) is 4.55 Å². The molecular formula is C3H6O5S2. The Bertz CT molecular complexity index is 227. The highest BCUT2D eigenvalue weighted by Crippen LogP contribution is 1.96. The Morgan fingerprint density at radius 3 is 2.50 bits per heavy atom. The van der Waals surface area contributed by atoms with E-state index in [2.05, 4.69) is 10.8 Å². The van der Waals surface area contributed by atoms with Gasteiger partial charge in [0, 0.05) is 0 Å². The maximum atomic E-state index is 10.3. The van der Waals surface area contributed by atoms with E-state index in [0.29, 0.717) is 0 Å². The van der Waals surface area contributed by atoms with E-state index in [1.807, 2.05) is 0 Å². The minimum absolute atomic E-state index is 0.297. The molecule has 0 aliphatic heterocycles. The van der Waals surface area contributed by atoms with Crippen LogP contribution in [0.3, 0.4) is 0 Å². The molecule has 0 heterocycles. The zero-order chi connectivity index (χ0) is 8.20. The predicted octanol–water partition coefficient (Wildman–Crippen LogP) is -0.344. The third kappa shape index (κ3) is 3.06. The van der Waals surface area contributed by atoms with Gasteiger partial charge in [0.05, 0.1) is 6.61 Å². The van der Waals surface area contributed by atoms with Crippen LogP contribution in [0.25, 0.3) is 0 Å². The van der Waals surface area contributed by atoms with Gasteiger partial charge >= 0.3 is 19.3 Å². The van der Waals surface area contributed by atoms with E-state index in [0.717, 1.165) is 6.08 Å². The predicted molar refractivity (Wildman–Crippen MR) is 35.8 cm³/mol. The first kappa shape index (κ1) is 9.76. The summed E-state index contributed by atoms with van der Waals surface area (Å²) in [5, 5.41) is 0. The molecule has 0 saturated heterocycles. The fourth-order valence-electron chi connectivity index (χ4n) is 0.173. The Morgan fingerprint density at radius 2 is 2.20 bits per heavy atom. The van der Waals surface area contributed by atoms with Gasteiger partial charge in [-0.25, -0.2) is 4.21 Å². The van der Waals surface area contributed by atoms with Crippen molar-refractivity contribution in [2.45, 2.75) is 0 Å². The maximum absolute atomic E-state index is 10.3. The van der Waals surface area contributed by atoms with Gasteiger partial charge in [0.2, 0.25) is 0 Å². The van der Waals surface area contributed by atoms with Crippen molar-refractivity contribution in [3.63, 3.8) is 0 Å². The first-order valence-electron chi connectivity index (χ1n) is 2.12. The van der Waals surface area contributed by atoms with E-state index in [9.17, 15) is 12.6 Å². The third-order valence-electron chi connectivity index (χ3n) is 0.505. The maximum Gasteiger partial charge on any atom is 0.376 e. The molecule has 0 aromatic carbocycles. The molecule has 0 fully saturated rings. The summed E-state index contributed by atoms with van der Waals surface area (Å²) < 4.78 is 42.4. The molecule has 0 spiro atoms. The number of hydrogen-bond acceptors (Lipinski definition) is 4.